The highest BCUT2D eigenvalue weighted by molar-refractivity contribution is 5.84. The van der Waals surface area contributed by atoms with Crippen LogP contribution in [0.15, 0.2) is 12.1 Å². The Morgan fingerprint density at radius 3 is 2.28 bits per heavy atom. The molecule has 0 unspecified atom stereocenters. The van der Waals surface area contributed by atoms with Gasteiger partial charge >= 0.3 is 0 Å². The Balaban J connectivity index is 2.49. The number of carbonyl (C=O) groups excluding carboxylic acids is 1. The molecule has 0 bridgehead atoms. The predicted octanol–water partition coefficient (Wildman–Crippen LogP) is 2.33. The Kier molecular flexibility index (Phi) is 3.09. The number of nitrogens with zero attached hydrogens (tertiary/aromatic N) is 1. The lowest BCUT2D eigenvalue weighted by Gasteiger charge is -2.45. The number of piperazine rings is 1. The minimum Gasteiger partial charge on any atom is -0.355 e. The third-order valence-corrected chi connectivity index (χ3v) is 3.66. The molecule has 0 aliphatic carbocycles. The third kappa shape index (κ3) is 2.22. The number of nitrogens with one attached hydrogen (secondary N) is 1. The van der Waals surface area contributed by atoms with Crippen LogP contribution in [-0.2, 0) is 4.79 Å². The van der Waals surface area contributed by atoms with E-state index in [9.17, 15) is 4.79 Å². The van der Waals surface area contributed by atoms with Crippen LogP contribution in [0.5, 0.6) is 0 Å². The van der Waals surface area contributed by atoms with Crippen LogP contribution >= 0.6 is 0 Å². The second kappa shape index (κ2) is 4.30. The number of anilines is 1. The number of carbonyl (C=O) groups is 1. The first-order valence-electron chi connectivity index (χ1n) is 6.43. The predicted molar refractivity (Wildman–Crippen MR) is 75.1 cm³/mol. The quantitative estimate of drug-likeness (QED) is 0.825. The molecule has 1 aliphatic heterocycles. The summed E-state index contributed by atoms with van der Waals surface area (Å²) in [5.74, 6) is 0.105. The average molecular weight is 246 g/mol. The summed E-state index contributed by atoms with van der Waals surface area (Å²) in [4.78, 5) is 13.9. The Morgan fingerprint density at radius 2 is 1.72 bits per heavy atom. The fourth-order valence-corrected chi connectivity index (χ4v) is 2.80. The maximum Gasteiger partial charge on any atom is 0.239 e. The molecule has 1 amide bonds. The van der Waals surface area contributed by atoms with E-state index in [0.29, 0.717) is 13.1 Å². The molecular weight excluding hydrogens is 224 g/mol. The number of amides is 1. The largest absolute Gasteiger partial charge is 0.355 e. The zero-order valence-electron chi connectivity index (χ0n) is 11.9. The first-order valence-corrected chi connectivity index (χ1v) is 6.43. The summed E-state index contributed by atoms with van der Waals surface area (Å²) < 4.78 is 0. The molecule has 1 aromatic carbocycles. The highest BCUT2D eigenvalue weighted by Gasteiger charge is 2.34. The molecule has 18 heavy (non-hydrogen) atoms. The molecule has 98 valence electrons. The van der Waals surface area contributed by atoms with Crippen LogP contribution in [0.1, 0.15) is 30.5 Å². The molecule has 1 saturated heterocycles. The van der Waals surface area contributed by atoms with E-state index in [4.69, 9.17) is 0 Å². The van der Waals surface area contributed by atoms with Crippen LogP contribution < -0.4 is 10.2 Å². The minimum atomic E-state index is -0.0430. The van der Waals surface area contributed by atoms with Crippen molar-refractivity contribution in [3.8, 4) is 0 Å². The van der Waals surface area contributed by atoms with Crippen molar-refractivity contribution in [3.05, 3.63) is 28.8 Å². The van der Waals surface area contributed by atoms with Crippen LogP contribution in [0.2, 0.25) is 0 Å². The highest BCUT2D eigenvalue weighted by Crippen LogP contribution is 2.32. The zero-order valence-corrected chi connectivity index (χ0v) is 11.9. The Bertz CT molecular complexity index is 468. The van der Waals surface area contributed by atoms with E-state index in [0.717, 1.165) is 0 Å². The molecule has 3 heteroatoms. The van der Waals surface area contributed by atoms with Crippen molar-refractivity contribution in [3.63, 3.8) is 0 Å². The van der Waals surface area contributed by atoms with Gasteiger partial charge in [-0.05, 0) is 45.7 Å². The molecule has 0 saturated carbocycles. The van der Waals surface area contributed by atoms with Gasteiger partial charge in [0.15, 0.2) is 0 Å². The maximum absolute atomic E-state index is 11.7. The summed E-state index contributed by atoms with van der Waals surface area (Å²) in [6.45, 7) is 11.8. The molecule has 0 radical (unpaired) electrons. The lowest BCUT2D eigenvalue weighted by atomic mass is 9.95. The summed E-state index contributed by atoms with van der Waals surface area (Å²) in [6.07, 6.45) is 0. The molecule has 1 N–H and O–H groups in total. The van der Waals surface area contributed by atoms with Gasteiger partial charge in [0.25, 0.3) is 0 Å². The van der Waals surface area contributed by atoms with Crippen molar-refractivity contribution in [2.24, 2.45) is 0 Å². The minimum absolute atomic E-state index is 0.0430. The van der Waals surface area contributed by atoms with Crippen molar-refractivity contribution >= 4 is 11.6 Å². The van der Waals surface area contributed by atoms with Crippen LogP contribution in [0.25, 0.3) is 0 Å². The van der Waals surface area contributed by atoms with Crippen LogP contribution in [0.3, 0.4) is 0 Å². The summed E-state index contributed by atoms with van der Waals surface area (Å²) in [5.41, 5.74) is 4.93. The SMILES string of the molecule is Cc1cc(C)c(N2CC(=O)NCC2(C)C)c(C)c1. The average Bonchev–Trinajstić information content (AvgIpc) is 2.22. The van der Waals surface area contributed by atoms with E-state index in [-0.39, 0.29) is 11.4 Å². The van der Waals surface area contributed by atoms with Gasteiger partial charge in [0.2, 0.25) is 5.91 Å². The van der Waals surface area contributed by atoms with E-state index in [2.05, 4.69) is 57.0 Å². The van der Waals surface area contributed by atoms with Gasteiger partial charge in [0, 0.05) is 12.2 Å². The van der Waals surface area contributed by atoms with Gasteiger partial charge in [0.1, 0.15) is 0 Å². The molecule has 1 heterocycles. The third-order valence-electron chi connectivity index (χ3n) is 3.66. The molecule has 3 nitrogen and oxygen atoms in total. The van der Waals surface area contributed by atoms with Crippen molar-refractivity contribution in [1.29, 1.82) is 0 Å². The summed E-state index contributed by atoms with van der Waals surface area (Å²) in [6, 6.07) is 4.37. The first kappa shape index (κ1) is 12.9. The maximum atomic E-state index is 11.7. The Hall–Kier alpha value is -1.51. The molecule has 1 aliphatic rings. The number of benzene rings is 1. The fourth-order valence-electron chi connectivity index (χ4n) is 2.80. The van der Waals surface area contributed by atoms with Gasteiger partial charge in [-0.2, -0.15) is 0 Å². The monoisotopic (exact) mass is 246 g/mol. The van der Waals surface area contributed by atoms with Crippen LogP contribution in [-0.4, -0.2) is 24.5 Å². The van der Waals surface area contributed by atoms with Crippen molar-refractivity contribution in [1.82, 2.24) is 5.32 Å². The molecule has 1 aromatic rings. The molecule has 1 fully saturated rings. The summed E-state index contributed by atoms with van der Waals surface area (Å²) >= 11 is 0. The van der Waals surface area contributed by atoms with Crippen molar-refractivity contribution in [2.75, 3.05) is 18.0 Å². The summed E-state index contributed by atoms with van der Waals surface area (Å²) in [7, 11) is 0. The van der Waals surface area contributed by atoms with Crippen molar-refractivity contribution in [2.45, 2.75) is 40.2 Å². The van der Waals surface area contributed by atoms with Crippen molar-refractivity contribution < 1.29 is 4.79 Å². The Labute approximate surface area is 109 Å². The lowest BCUT2D eigenvalue weighted by molar-refractivity contribution is -0.121. The smallest absolute Gasteiger partial charge is 0.239 e. The molecule has 0 atom stereocenters. The number of rotatable bonds is 1. The number of hydrogen-bond donors (Lipinski definition) is 1. The molecule has 2 rings (SSSR count). The Morgan fingerprint density at radius 1 is 1.17 bits per heavy atom. The lowest BCUT2D eigenvalue weighted by Crippen LogP contribution is -2.61. The fraction of sp³-hybridized carbons (Fsp3) is 0.533. The van der Waals surface area contributed by atoms with E-state index in [1.54, 1.807) is 0 Å². The topological polar surface area (TPSA) is 32.3 Å². The molecular formula is C15H22N2O. The first-order chi connectivity index (χ1) is 8.31. The second-order valence-corrected chi connectivity index (χ2v) is 5.92. The van der Waals surface area contributed by atoms with Crippen LogP contribution in [0, 0.1) is 20.8 Å². The van der Waals surface area contributed by atoms with E-state index in [1.807, 2.05) is 0 Å². The second-order valence-electron chi connectivity index (χ2n) is 5.92. The standard InChI is InChI=1S/C15H22N2O/c1-10-6-11(2)14(12(3)7-10)17-8-13(18)16-9-15(17,4)5/h6-7H,8-9H2,1-5H3,(H,16,18). The zero-order chi connectivity index (χ0) is 13.5. The van der Waals surface area contributed by atoms with Gasteiger partial charge in [-0.1, -0.05) is 17.7 Å². The van der Waals surface area contributed by atoms with E-state index < -0.39 is 0 Å². The normalized spacial score (nSPS) is 18.7. The van der Waals surface area contributed by atoms with Gasteiger partial charge < -0.3 is 10.2 Å². The van der Waals surface area contributed by atoms with Gasteiger partial charge in [-0.15, -0.1) is 0 Å². The highest BCUT2D eigenvalue weighted by atomic mass is 16.2. The number of hydrogen-bond acceptors (Lipinski definition) is 2. The van der Waals surface area contributed by atoms with E-state index in [1.165, 1.54) is 22.4 Å². The van der Waals surface area contributed by atoms with Gasteiger partial charge in [0.05, 0.1) is 12.1 Å². The van der Waals surface area contributed by atoms with Gasteiger partial charge in [-0.25, -0.2) is 0 Å². The van der Waals surface area contributed by atoms with E-state index >= 15 is 0 Å². The molecule has 0 aromatic heterocycles. The molecule has 0 spiro atoms. The number of aryl methyl sites for hydroxylation is 3. The summed E-state index contributed by atoms with van der Waals surface area (Å²) in [5, 5.41) is 2.94. The van der Waals surface area contributed by atoms with Gasteiger partial charge in [-0.3, -0.25) is 4.79 Å². The van der Waals surface area contributed by atoms with Crippen LogP contribution in [0.4, 0.5) is 5.69 Å².